The Kier molecular flexibility index (Phi) is 8.38. The van der Waals surface area contributed by atoms with Crippen LogP contribution in [0.25, 0.3) is 0 Å². The third-order valence-corrected chi connectivity index (χ3v) is 2.87. The molecule has 0 aromatic heterocycles. The molecule has 0 heterocycles. The zero-order valence-corrected chi connectivity index (χ0v) is 11.8. The summed E-state index contributed by atoms with van der Waals surface area (Å²) in [4.78, 5) is 0. The minimum absolute atomic E-state index is 0.126. The van der Waals surface area contributed by atoms with Crippen LogP contribution in [0.5, 0.6) is 0 Å². The molecule has 0 spiro atoms. The van der Waals surface area contributed by atoms with Gasteiger partial charge in [0.25, 0.3) is 0 Å². The first-order chi connectivity index (χ1) is 9.24. The van der Waals surface area contributed by atoms with Gasteiger partial charge in [-0.3, -0.25) is 0 Å². The molecule has 0 aliphatic rings. The van der Waals surface area contributed by atoms with Gasteiger partial charge in [0.15, 0.2) is 0 Å². The molecule has 0 aliphatic heterocycles. The SMILES string of the molecule is COCCOCCCNC(C)Cc1ccccc1F. The van der Waals surface area contributed by atoms with Gasteiger partial charge in [-0.05, 0) is 37.9 Å². The van der Waals surface area contributed by atoms with Crippen LogP contribution in [0.2, 0.25) is 0 Å². The fraction of sp³-hybridized carbons (Fsp3) is 0.600. The fourth-order valence-electron chi connectivity index (χ4n) is 1.83. The van der Waals surface area contributed by atoms with Crippen molar-refractivity contribution in [1.82, 2.24) is 5.32 Å². The quantitative estimate of drug-likeness (QED) is 0.662. The van der Waals surface area contributed by atoms with Gasteiger partial charge in [-0.25, -0.2) is 4.39 Å². The summed E-state index contributed by atoms with van der Waals surface area (Å²) in [6.45, 7) is 4.95. The van der Waals surface area contributed by atoms with Crippen LogP contribution in [0, 0.1) is 5.82 Å². The number of methoxy groups -OCH3 is 1. The Balaban J connectivity index is 2.08. The highest BCUT2D eigenvalue weighted by molar-refractivity contribution is 5.18. The first kappa shape index (κ1) is 16.1. The maximum absolute atomic E-state index is 13.5. The number of nitrogens with one attached hydrogen (secondary N) is 1. The molecule has 0 aliphatic carbocycles. The lowest BCUT2D eigenvalue weighted by Crippen LogP contribution is -2.30. The van der Waals surface area contributed by atoms with E-state index >= 15 is 0 Å². The van der Waals surface area contributed by atoms with E-state index in [4.69, 9.17) is 9.47 Å². The molecule has 3 nitrogen and oxygen atoms in total. The van der Waals surface area contributed by atoms with E-state index in [0.29, 0.717) is 19.6 Å². The normalized spacial score (nSPS) is 12.6. The van der Waals surface area contributed by atoms with Crippen molar-refractivity contribution in [2.75, 3.05) is 33.5 Å². The van der Waals surface area contributed by atoms with Gasteiger partial charge in [-0.2, -0.15) is 0 Å². The maximum atomic E-state index is 13.5. The largest absolute Gasteiger partial charge is 0.382 e. The number of halogens is 1. The summed E-state index contributed by atoms with van der Waals surface area (Å²) in [7, 11) is 1.66. The molecule has 0 amide bonds. The van der Waals surface area contributed by atoms with Crippen LogP contribution >= 0.6 is 0 Å². The highest BCUT2D eigenvalue weighted by Gasteiger charge is 2.06. The summed E-state index contributed by atoms with van der Waals surface area (Å²) >= 11 is 0. The Hall–Kier alpha value is -0.970. The van der Waals surface area contributed by atoms with E-state index in [0.717, 1.165) is 25.1 Å². The van der Waals surface area contributed by atoms with Crippen molar-refractivity contribution in [1.29, 1.82) is 0 Å². The van der Waals surface area contributed by atoms with Crippen LogP contribution in [0.3, 0.4) is 0 Å². The van der Waals surface area contributed by atoms with E-state index < -0.39 is 0 Å². The Morgan fingerprint density at radius 2 is 2.00 bits per heavy atom. The lowest BCUT2D eigenvalue weighted by atomic mass is 10.1. The molecule has 0 saturated carbocycles. The van der Waals surface area contributed by atoms with Crippen LogP contribution < -0.4 is 5.32 Å². The summed E-state index contributed by atoms with van der Waals surface area (Å²) in [6, 6.07) is 7.19. The molecule has 4 heteroatoms. The average Bonchev–Trinajstić information content (AvgIpc) is 2.40. The lowest BCUT2D eigenvalue weighted by Gasteiger charge is -2.14. The second-order valence-corrected chi connectivity index (χ2v) is 4.61. The predicted molar refractivity (Wildman–Crippen MR) is 74.9 cm³/mol. The molecule has 1 aromatic rings. The first-order valence-corrected chi connectivity index (χ1v) is 6.77. The van der Waals surface area contributed by atoms with Crippen molar-refractivity contribution in [3.05, 3.63) is 35.6 Å². The zero-order chi connectivity index (χ0) is 13.9. The van der Waals surface area contributed by atoms with E-state index in [2.05, 4.69) is 12.2 Å². The van der Waals surface area contributed by atoms with Crippen LogP contribution in [-0.4, -0.2) is 39.5 Å². The van der Waals surface area contributed by atoms with E-state index in [-0.39, 0.29) is 11.9 Å². The Morgan fingerprint density at radius 1 is 1.21 bits per heavy atom. The maximum Gasteiger partial charge on any atom is 0.126 e. The van der Waals surface area contributed by atoms with E-state index in [9.17, 15) is 4.39 Å². The van der Waals surface area contributed by atoms with Crippen molar-refractivity contribution in [3.8, 4) is 0 Å². The molecule has 1 N–H and O–H groups in total. The smallest absolute Gasteiger partial charge is 0.126 e. The van der Waals surface area contributed by atoms with Gasteiger partial charge in [0.2, 0.25) is 0 Å². The lowest BCUT2D eigenvalue weighted by molar-refractivity contribution is 0.0693. The third kappa shape index (κ3) is 7.25. The number of benzene rings is 1. The molecular weight excluding hydrogens is 245 g/mol. The molecule has 0 radical (unpaired) electrons. The summed E-state index contributed by atoms with van der Waals surface area (Å²) in [6.07, 6.45) is 1.66. The Bertz CT molecular complexity index is 347. The topological polar surface area (TPSA) is 30.5 Å². The molecule has 1 unspecified atom stereocenters. The summed E-state index contributed by atoms with van der Waals surface area (Å²) in [5, 5.41) is 3.37. The average molecular weight is 269 g/mol. The molecule has 1 atom stereocenters. The number of hydrogen-bond acceptors (Lipinski definition) is 3. The van der Waals surface area contributed by atoms with Crippen molar-refractivity contribution < 1.29 is 13.9 Å². The second kappa shape index (κ2) is 9.89. The van der Waals surface area contributed by atoms with E-state index in [1.165, 1.54) is 6.07 Å². The number of ether oxygens (including phenoxy) is 2. The van der Waals surface area contributed by atoms with Crippen LogP contribution in [0.15, 0.2) is 24.3 Å². The summed E-state index contributed by atoms with van der Waals surface area (Å²) < 4.78 is 23.7. The van der Waals surface area contributed by atoms with Crippen molar-refractivity contribution >= 4 is 0 Å². The second-order valence-electron chi connectivity index (χ2n) is 4.61. The van der Waals surface area contributed by atoms with Gasteiger partial charge in [0.1, 0.15) is 5.82 Å². The van der Waals surface area contributed by atoms with Crippen LogP contribution in [0.4, 0.5) is 4.39 Å². The monoisotopic (exact) mass is 269 g/mol. The van der Waals surface area contributed by atoms with Gasteiger partial charge in [-0.1, -0.05) is 18.2 Å². The standard InChI is InChI=1S/C15H24FNO2/c1-13(12-14-6-3-4-7-15(14)16)17-8-5-9-19-11-10-18-2/h3-4,6-7,13,17H,5,8-12H2,1-2H3. The van der Waals surface area contributed by atoms with Crippen LogP contribution in [-0.2, 0) is 15.9 Å². The first-order valence-electron chi connectivity index (χ1n) is 6.77. The molecule has 108 valence electrons. The third-order valence-electron chi connectivity index (χ3n) is 2.87. The molecule has 0 fully saturated rings. The highest BCUT2D eigenvalue weighted by atomic mass is 19.1. The van der Waals surface area contributed by atoms with Gasteiger partial charge < -0.3 is 14.8 Å². The van der Waals surface area contributed by atoms with E-state index in [1.54, 1.807) is 13.2 Å². The molecular formula is C15H24FNO2. The minimum Gasteiger partial charge on any atom is -0.382 e. The highest BCUT2D eigenvalue weighted by Crippen LogP contribution is 2.08. The number of rotatable bonds is 10. The molecule has 1 rings (SSSR count). The van der Waals surface area contributed by atoms with Gasteiger partial charge >= 0.3 is 0 Å². The Morgan fingerprint density at radius 3 is 2.74 bits per heavy atom. The van der Waals surface area contributed by atoms with Gasteiger partial charge in [0, 0.05) is 19.8 Å². The van der Waals surface area contributed by atoms with E-state index in [1.807, 2.05) is 12.1 Å². The molecule has 0 saturated heterocycles. The van der Waals surface area contributed by atoms with Crippen molar-refractivity contribution in [2.24, 2.45) is 0 Å². The predicted octanol–water partition coefficient (Wildman–Crippen LogP) is 2.40. The van der Waals surface area contributed by atoms with Gasteiger partial charge in [0.05, 0.1) is 13.2 Å². The summed E-state index contributed by atoms with van der Waals surface area (Å²) in [5.41, 5.74) is 0.763. The van der Waals surface area contributed by atoms with Crippen molar-refractivity contribution in [2.45, 2.75) is 25.8 Å². The fourth-order valence-corrected chi connectivity index (χ4v) is 1.83. The molecule has 19 heavy (non-hydrogen) atoms. The minimum atomic E-state index is -0.126. The van der Waals surface area contributed by atoms with Crippen LogP contribution in [0.1, 0.15) is 18.9 Å². The summed E-state index contributed by atoms with van der Waals surface area (Å²) in [5.74, 6) is -0.126. The Labute approximate surface area is 115 Å². The molecule has 0 bridgehead atoms. The molecule has 1 aromatic carbocycles. The van der Waals surface area contributed by atoms with Crippen molar-refractivity contribution in [3.63, 3.8) is 0 Å². The van der Waals surface area contributed by atoms with Gasteiger partial charge in [-0.15, -0.1) is 0 Å². The number of hydrogen-bond donors (Lipinski definition) is 1. The zero-order valence-electron chi connectivity index (χ0n) is 11.8.